The summed E-state index contributed by atoms with van der Waals surface area (Å²) in [5, 5.41) is 8.08. The smallest absolute Gasteiger partial charge is 0.319 e. The molecule has 0 aliphatic carbocycles. The summed E-state index contributed by atoms with van der Waals surface area (Å²) in [5.41, 5.74) is 1.50. The number of nitrogens with one attached hydrogen (secondary N) is 4. The van der Waals surface area contributed by atoms with Crippen molar-refractivity contribution < 1.29 is 18.0 Å². The van der Waals surface area contributed by atoms with Gasteiger partial charge in [0, 0.05) is 17.1 Å². The Morgan fingerprint density at radius 2 is 1.36 bits per heavy atom. The van der Waals surface area contributed by atoms with Crippen LogP contribution in [0.5, 0.6) is 0 Å². The molecule has 0 heterocycles. The van der Waals surface area contributed by atoms with Gasteiger partial charge in [-0.1, -0.05) is 32.0 Å². The maximum Gasteiger partial charge on any atom is 0.319 e. The van der Waals surface area contributed by atoms with Gasteiger partial charge < -0.3 is 16.0 Å². The van der Waals surface area contributed by atoms with E-state index in [4.69, 9.17) is 0 Å². The summed E-state index contributed by atoms with van der Waals surface area (Å²) in [4.78, 5) is 24.8. The van der Waals surface area contributed by atoms with Gasteiger partial charge in [-0.2, -0.15) is 0 Å². The maximum atomic E-state index is 12.6. The highest BCUT2D eigenvalue weighted by molar-refractivity contribution is 7.92. The minimum absolute atomic E-state index is 0.146. The average molecular weight is 404 g/mol. The first-order valence-electron chi connectivity index (χ1n) is 8.65. The molecule has 1 atom stereocenters. The van der Waals surface area contributed by atoms with Gasteiger partial charge in [-0.15, -0.1) is 0 Å². The van der Waals surface area contributed by atoms with E-state index in [0.29, 0.717) is 17.1 Å². The summed E-state index contributed by atoms with van der Waals surface area (Å²) >= 11 is 0. The van der Waals surface area contributed by atoms with Crippen LogP contribution < -0.4 is 20.7 Å². The number of amides is 3. The Labute approximate surface area is 164 Å². The number of hydrogen-bond donors (Lipinski definition) is 4. The second-order valence-electron chi connectivity index (χ2n) is 6.63. The van der Waals surface area contributed by atoms with E-state index in [0.717, 1.165) is 6.26 Å². The highest BCUT2D eigenvalue weighted by Gasteiger charge is 2.24. The Bertz CT molecular complexity index is 913. The molecule has 0 bridgehead atoms. The topological polar surface area (TPSA) is 116 Å². The number of anilines is 3. The first-order chi connectivity index (χ1) is 13.1. The molecule has 28 heavy (non-hydrogen) atoms. The molecular formula is C19H24N4O4S. The van der Waals surface area contributed by atoms with Gasteiger partial charge in [0.15, 0.2) is 0 Å². The SMILES string of the molecule is CC(C)C(NC(=O)Nc1ccccc1)C(=O)Nc1ccc(NS(C)(=O)=O)cc1. The lowest BCUT2D eigenvalue weighted by atomic mass is 10.0. The van der Waals surface area contributed by atoms with E-state index in [1.807, 2.05) is 19.9 Å². The van der Waals surface area contributed by atoms with Gasteiger partial charge >= 0.3 is 6.03 Å². The molecule has 2 aromatic rings. The molecule has 0 fully saturated rings. The summed E-state index contributed by atoms with van der Waals surface area (Å²) < 4.78 is 24.8. The highest BCUT2D eigenvalue weighted by Crippen LogP contribution is 2.16. The maximum absolute atomic E-state index is 12.6. The number of urea groups is 1. The van der Waals surface area contributed by atoms with E-state index in [2.05, 4.69) is 20.7 Å². The Morgan fingerprint density at radius 1 is 0.821 bits per heavy atom. The van der Waals surface area contributed by atoms with Crippen LogP contribution in [0.2, 0.25) is 0 Å². The Hall–Kier alpha value is -3.07. The first-order valence-corrected chi connectivity index (χ1v) is 10.5. The van der Waals surface area contributed by atoms with E-state index in [-0.39, 0.29) is 11.8 Å². The normalized spacial score (nSPS) is 12.1. The lowest BCUT2D eigenvalue weighted by Gasteiger charge is -2.22. The quantitative estimate of drug-likeness (QED) is 0.568. The number of benzene rings is 2. The number of carbonyl (C=O) groups excluding carboxylic acids is 2. The molecule has 3 amide bonds. The molecule has 2 aromatic carbocycles. The molecule has 9 heteroatoms. The number of sulfonamides is 1. The summed E-state index contributed by atoms with van der Waals surface area (Å²) in [6.07, 6.45) is 1.06. The summed E-state index contributed by atoms with van der Waals surface area (Å²) in [5.74, 6) is -0.519. The van der Waals surface area contributed by atoms with Crippen LogP contribution in [0.15, 0.2) is 54.6 Å². The lowest BCUT2D eigenvalue weighted by molar-refractivity contribution is -0.118. The van der Waals surface area contributed by atoms with E-state index in [1.54, 1.807) is 36.4 Å². The van der Waals surface area contributed by atoms with Crippen molar-refractivity contribution in [2.45, 2.75) is 19.9 Å². The van der Waals surface area contributed by atoms with Crippen molar-refractivity contribution >= 4 is 39.0 Å². The molecule has 1 unspecified atom stereocenters. The fourth-order valence-electron chi connectivity index (χ4n) is 2.42. The molecule has 8 nitrogen and oxygen atoms in total. The largest absolute Gasteiger partial charge is 0.326 e. The number of para-hydroxylation sites is 1. The van der Waals surface area contributed by atoms with Crippen LogP contribution in [0.4, 0.5) is 21.9 Å². The molecule has 0 spiro atoms. The Kier molecular flexibility index (Phi) is 7.00. The molecule has 0 saturated heterocycles. The zero-order chi connectivity index (χ0) is 20.7. The van der Waals surface area contributed by atoms with E-state index in [9.17, 15) is 18.0 Å². The van der Waals surface area contributed by atoms with Crippen LogP contribution in [0.25, 0.3) is 0 Å². The second kappa shape index (κ2) is 9.23. The zero-order valence-electron chi connectivity index (χ0n) is 15.9. The monoisotopic (exact) mass is 404 g/mol. The predicted molar refractivity (Wildman–Crippen MR) is 111 cm³/mol. The minimum Gasteiger partial charge on any atom is -0.326 e. The Morgan fingerprint density at radius 3 is 1.89 bits per heavy atom. The van der Waals surface area contributed by atoms with Gasteiger partial charge in [0.1, 0.15) is 6.04 Å². The molecule has 0 aromatic heterocycles. The average Bonchev–Trinajstić information content (AvgIpc) is 2.60. The number of hydrogen-bond acceptors (Lipinski definition) is 4. The lowest BCUT2D eigenvalue weighted by Crippen LogP contribution is -2.48. The third-order valence-corrected chi connectivity index (χ3v) is 4.33. The molecule has 150 valence electrons. The third-order valence-electron chi connectivity index (χ3n) is 3.72. The van der Waals surface area contributed by atoms with Crippen molar-refractivity contribution in [1.29, 1.82) is 0 Å². The van der Waals surface area contributed by atoms with Crippen LogP contribution in [-0.2, 0) is 14.8 Å². The van der Waals surface area contributed by atoms with Crippen molar-refractivity contribution in [1.82, 2.24) is 5.32 Å². The standard InChI is InChI=1S/C19H24N4O4S/c1-13(2)17(22-19(25)21-14-7-5-4-6-8-14)18(24)20-15-9-11-16(12-10-15)23-28(3,26)27/h4-13,17,23H,1-3H3,(H,20,24)(H2,21,22,25). The predicted octanol–water partition coefficient (Wildman–Crippen LogP) is 2.84. The van der Waals surface area contributed by atoms with Crippen LogP contribution in [0.1, 0.15) is 13.8 Å². The molecular weight excluding hydrogens is 380 g/mol. The third kappa shape index (κ3) is 6.92. The number of rotatable bonds is 7. The zero-order valence-corrected chi connectivity index (χ0v) is 16.7. The fraction of sp³-hybridized carbons (Fsp3) is 0.263. The highest BCUT2D eigenvalue weighted by atomic mass is 32.2. The van der Waals surface area contributed by atoms with Gasteiger partial charge in [0.05, 0.1) is 6.26 Å². The van der Waals surface area contributed by atoms with Crippen molar-refractivity contribution in [3.05, 3.63) is 54.6 Å². The first kappa shape index (κ1) is 21.2. The van der Waals surface area contributed by atoms with Gasteiger partial charge in [-0.3, -0.25) is 9.52 Å². The van der Waals surface area contributed by atoms with Gasteiger partial charge in [-0.05, 0) is 42.3 Å². The number of carbonyl (C=O) groups is 2. The van der Waals surface area contributed by atoms with Crippen LogP contribution in [0, 0.1) is 5.92 Å². The molecule has 0 radical (unpaired) electrons. The fourth-order valence-corrected chi connectivity index (χ4v) is 2.98. The van der Waals surface area contributed by atoms with Crippen molar-refractivity contribution in [2.24, 2.45) is 5.92 Å². The molecule has 4 N–H and O–H groups in total. The van der Waals surface area contributed by atoms with Gasteiger partial charge in [-0.25, -0.2) is 13.2 Å². The van der Waals surface area contributed by atoms with Crippen LogP contribution in [0.3, 0.4) is 0 Å². The summed E-state index contributed by atoms with van der Waals surface area (Å²) in [6, 6.07) is 13.9. The Balaban J connectivity index is 1.99. The summed E-state index contributed by atoms with van der Waals surface area (Å²) in [7, 11) is -3.37. The van der Waals surface area contributed by atoms with Crippen LogP contribution in [-0.4, -0.2) is 32.7 Å². The summed E-state index contributed by atoms with van der Waals surface area (Å²) in [6.45, 7) is 3.65. The molecule has 0 saturated carbocycles. The van der Waals surface area contributed by atoms with E-state index in [1.165, 1.54) is 12.1 Å². The molecule has 0 aliphatic heterocycles. The van der Waals surface area contributed by atoms with Gasteiger partial charge in [0.2, 0.25) is 15.9 Å². The molecule has 0 aliphatic rings. The van der Waals surface area contributed by atoms with Crippen molar-refractivity contribution in [3.8, 4) is 0 Å². The second-order valence-corrected chi connectivity index (χ2v) is 8.38. The van der Waals surface area contributed by atoms with E-state index >= 15 is 0 Å². The van der Waals surface area contributed by atoms with Crippen LogP contribution >= 0.6 is 0 Å². The molecule has 2 rings (SSSR count). The minimum atomic E-state index is -3.37. The van der Waals surface area contributed by atoms with Gasteiger partial charge in [0.25, 0.3) is 0 Å². The van der Waals surface area contributed by atoms with Crippen molar-refractivity contribution in [2.75, 3.05) is 21.6 Å². The van der Waals surface area contributed by atoms with E-state index < -0.39 is 22.1 Å². The van der Waals surface area contributed by atoms with Crippen molar-refractivity contribution in [3.63, 3.8) is 0 Å².